The van der Waals surface area contributed by atoms with Crippen molar-refractivity contribution in [1.82, 2.24) is 14.8 Å². The smallest absolute Gasteiger partial charge is 0.234 e. The average molecular weight is 425 g/mol. The van der Waals surface area contributed by atoms with Gasteiger partial charge in [0.1, 0.15) is 5.82 Å². The van der Waals surface area contributed by atoms with Gasteiger partial charge < -0.3 is 9.88 Å². The number of aromatic nitrogens is 3. The van der Waals surface area contributed by atoms with E-state index in [1.807, 2.05) is 41.0 Å². The molecule has 0 unspecified atom stereocenters. The molecule has 0 bridgehead atoms. The lowest BCUT2D eigenvalue weighted by Gasteiger charge is -2.08. The summed E-state index contributed by atoms with van der Waals surface area (Å²) in [4.78, 5) is 12.2. The first-order valence-electron chi connectivity index (χ1n) is 9.29. The SMILES string of the molecule is C=CCn1c(CSCc2ccc(C)cc2)nnc1SCC(=O)Nc1ccccc1. The van der Waals surface area contributed by atoms with Crippen LogP contribution in [-0.4, -0.2) is 26.4 Å². The minimum absolute atomic E-state index is 0.0651. The maximum absolute atomic E-state index is 12.2. The van der Waals surface area contributed by atoms with Gasteiger partial charge in [0.15, 0.2) is 5.16 Å². The molecule has 3 rings (SSSR count). The van der Waals surface area contributed by atoms with Crippen LogP contribution in [0.1, 0.15) is 17.0 Å². The number of aryl methyl sites for hydroxylation is 1. The van der Waals surface area contributed by atoms with Crippen LogP contribution in [0.25, 0.3) is 0 Å². The number of hydrogen-bond donors (Lipinski definition) is 1. The summed E-state index contributed by atoms with van der Waals surface area (Å²) >= 11 is 3.19. The number of para-hydroxylation sites is 1. The van der Waals surface area contributed by atoms with Gasteiger partial charge in [-0.05, 0) is 24.6 Å². The van der Waals surface area contributed by atoms with E-state index in [1.54, 1.807) is 11.8 Å². The molecule has 2 aromatic carbocycles. The molecule has 0 spiro atoms. The molecule has 0 fully saturated rings. The van der Waals surface area contributed by atoms with Crippen LogP contribution in [0.5, 0.6) is 0 Å². The predicted octanol–water partition coefficient (Wildman–Crippen LogP) is 4.94. The Labute approximate surface area is 180 Å². The third-order valence-electron chi connectivity index (χ3n) is 4.12. The number of benzene rings is 2. The molecule has 1 aromatic heterocycles. The highest BCUT2D eigenvalue weighted by atomic mass is 32.2. The summed E-state index contributed by atoms with van der Waals surface area (Å²) in [7, 11) is 0. The Morgan fingerprint density at radius 2 is 1.86 bits per heavy atom. The maximum atomic E-state index is 12.2. The van der Waals surface area contributed by atoms with Crippen molar-refractivity contribution in [1.29, 1.82) is 0 Å². The van der Waals surface area contributed by atoms with Gasteiger partial charge >= 0.3 is 0 Å². The van der Waals surface area contributed by atoms with E-state index >= 15 is 0 Å². The molecule has 0 saturated carbocycles. The monoisotopic (exact) mass is 424 g/mol. The highest BCUT2D eigenvalue weighted by molar-refractivity contribution is 7.99. The number of amides is 1. The predicted molar refractivity (Wildman–Crippen MR) is 122 cm³/mol. The highest BCUT2D eigenvalue weighted by Crippen LogP contribution is 2.22. The second-order valence-corrected chi connectivity index (χ2v) is 8.41. The van der Waals surface area contributed by atoms with Crippen LogP contribution in [0.4, 0.5) is 5.69 Å². The van der Waals surface area contributed by atoms with Gasteiger partial charge in [-0.1, -0.05) is 65.9 Å². The Morgan fingerprint density at radius 1 is 1.10 bits per heavy atom. The molecule has 7 heteroatoms. The van der Waals surface area contributed by atoms with E-state index in [-0.39, 0.29) is 11.7 Å². The van der Waals surface area contributed by atoms with Crippen LogP contribution >= 0.6 is 23.5 Å². The topological polar surface area (TPSA) is 59.8 Å². The number of thioether (sulfide) groups is 2. The van der Waals surface area contributed by atoms with Crippen molar-refractivity contribution in [3.63, 3.8) is 0 Å². The zero-order valence-corrected chi connectivity index (χ0v) is 18.0. The van der Waals surface area contributed by atoms with E-state index in [0.29, 0.717) is 6.54 Å². The van der Waals surface area contributed by atoms with Crippen molar-refractivity contribution in [3.05, 3.63) is 84.2 Å². The number of nitrogens with one attached hydrogen (secondary N) is 1. The molecule has 1 heterocycles. The highest BCUT2D eigenvalue weighted by Gasteiger charge is 2.13. The van der Waals surface area contributed by atoms with Gasteiger partial charge in [0, 0.05) is 18.0 Å². The van der Waals surface area contributed by atoms with Crippen molar-refractivity contribution in [3.8, 4) is 0 Å². The third-order valence-corrected chi connectivity index (χ3v) is 6.08. The van der Waals surface area contributed by atoms with Crippen molar-refractivity contribution >= 4 is 35.1 Å². The molecule has 0 aliphatic carbocycles. The van der Waals surface area contributed by atoms with E-state index in [2.05, 4.69) is 53.3 Å². The lowest BCUT2D eigenvalue weighted by atomic mass is 10.2. The summed E-state index contributed by atoms with van der Waals surface area (Å²) in [6.07, 6.45) is 1.82. The minimum atomic E-state index is -0.0651. The van der Waals surface area contributed by atoms with Gasteiger partial charge in [-0.3, -0.25) is 4.79 Å². The molecule has 3 aromatic rings. The molecular weight excluding hydrogens is 400 g/mol. The van der Waals surface area contributed by atoms with Crippen LogP contribution in [0.3, 0.4) is 0 Å². The number of anilines is 1. The molecule has 0 radical (unpaired) electrons. The van der Waals surface area contributed by atoms with Crippen molar-refractivity contribution in [2.75, 3.05) is 11.1 Å². The number of carbonyl (C=O) groups is 1. The van der Waals surface area contributed by atoms with Crippen molar-refractivity contribution in [2.24, 2.45) is 0 Å². The van der Waals surface area contributed by atoms with Crippen molar-refractivity contribution in [2.45, 2.75) is 30.1 Å². The van der Waals surface area contributed by atoms with E-state index in [0.717, 1.165) is 28.2 Å². The summed E-state index contributed by atoms with van der Waals surface area (Å²) in [5, 5.41) is 12.2. The molecule has 0 atom stereocenters. The normalized spacial score (nSPS) is 10.7. The minimum Gasteiger partial charge on any atom is -0.325 e. The molecule has 0 saturated heterocycles. The second-order valence-electron chi connectivity index (χ2n) is 6.48. The molecule has 1 amide bonds. The zero-order chi connectivity index (χ0) is 20.5. The Hall–Kier alpha value is -2.51. The standard InChI is InChI=1S/C22H24N4OS2/c1-3-13-26-20(15-28-14-18-11-9-17(2)10-12-18)24-25-22(26)29-16-21(27)23-19-7-5-4-6-8-19/h3-12H,1,13-16H2,2H3,(H,23,27). The number of rotatable bonds is 10. The van der Waals surface area contributed by atoms with E-state index in [1.165, 1.54) is 22.9 Å². The zero-order valence-electron chi connectivity index (χ0n) is 16.4. The number of hydrogen-bond acceptors (Lipinski definition) is 5. The first kappa shape index (κ1) is 21.2. The van der Waals surface area contributed by atoms with Crippen LogP contribution in [0, 0.1) is 6.92 Å². The van der Waals surface area contributed by atoms with E-state index < -0.39 is 0 Å². The Kier molecular flexibility index (Phi) is 7.95. The van der Waals surface area contributed by atoms with Crippen LogP contribution in [-0.2, 0) is 22.8 Å². The summed E-state index contributed by atoms with van der Waals surface area (Å²) in [5.41, 5.74) is 3.35. The molecule has 0 aliphatic rings. The molecule has 1 N–H and O–H groups in total. The van der Waals surface area contributed by atoms with Gasteiger partial charge in [0.05, 0.1) is 11.5 Å². The van der Waals surface area contributed by atoms with Gasteiger partial charge in [-0.15, -0.1) is 28.5 Å². The quantitative estimate of drug-likeness (QED) is 0.369. The lowest BCUT2D eigenvalue weighted by Crippen LogP contribution is -2.14. The van der Waals surface area contributed by atoms with Gasteiger partial charge in [0.2, 0.25) is 5.91 Å². The van der Waals surface area contributed by atoms with Crippen LogP contribution in [0.2, 0.25) is 0 Å². The molecule has 5 nitrogen and oxygen atoms in total. The van der Waals surface area contributed by atoms with Gasteiger partial charge in [-0.2, -0.15) is 0 Å². The van der Waals surface area contributed by atoms with Gasteiger partial charge in [-0.25, -0.2) is 0 Å². The number of nitrogens with zero attached hydrogens (tertiary/aromatic N) is 3. The summed E-state index contributed by atoms with van der Waals surface area (Å²) in [5.74, 6) is 2.78. The third kappa shape index (κ3) is 6.51. The number of carbonyl (C=O) groups excluding carboxylic acids is 1. The van der Waals surface area contributed by atoms with Crippen LogP contribution in [0.15, 0.2) is 72.4 Å². The van der Waals surface area contributed by atoms with Crippen LogP contribution < -0.4 is 5.32 Å². The first-order valence-corrected chi connectivity index (χ1v) is 11.4. The molecular formula is C22H24N4OS2. The summed E-state index contributed by atoms with van der Waals surface area (Å²) in [6, 6.07) is 18.0. The Bertz CT molecular complexity index is 939. The Morgan fingerprint density at radius 3 is 2.59 bits per heavy atom. The second kappa shape index (κ2) is 10.9. The summed E-state index contributed by atoms with van der Waals surface area (Å²) < 4.78 is 2.02. The molecule has 150 valence electrons. The Balaban J connectivity index is 1.55. The van der Waals surface area contributed by atoms with Crippen molar-refractivity contribution < 1.29 is 4.79 Å². The summed E-state index contributed by atoms with van der Waals surface area (Å²) in [6.45, 7) is 6.55. The first-order chi connectivity index (χ1) is 14.2. The molecule has 0 aliphatic heterocycles. The fraction of sp³-hybridized carbons (Fsp3) is 0.227. The maximum Gasteiger partial charge on any atom is 0.234 e. The van der Waals surface area contributed by atoms with E-state index in [9.17, 15) is 4.79 Å². The van der Waals surface area contributed by atoms with Gasteiger partial charge in [0.25, 0.3) is 0 Å². The number of allylic oxidation sites excluding steroid dienone is 1. The average Bonchev–Trinajstić information content (AvgIpc) is 3.11. The fourth-order valence-electron chi connectivity index (χ4n) is 2.64. The van der Waals surface area contributed by atoms with E-state index in [4.69, 9.17) is 0 Å². The lowest BCUT2D eigenvalue weighted by molar-refractivity contribution is -0.113. The largest absolute Gasteiger partial charge is 0.325 e. The molecule has 29 heavy (non-hydrogen) atoms. The fourth-order valence-corrected chi connectivity index (χ4v) is 4.33.